The van der Waals surface area contributed by atoms with Crippen molar-refractivity contribution < 1.29 is 9.59 Å². The predicted octanol–water partition coefficient (Wildman–Crippen LogP) is 4.38. The second kappa shape index (κ2) is 10.9. The maximum Gasteiger partial charge on any atom is 0.272 e. The minimum absolute atomic E-state index is 0.0563. The van der Waals surface area contributed by atoms with Crippen LogP contribution in [0.3, 0.4) is 0 Å². The van der Waals surface area contributed by atoms with E-state index in [2.05, 4.69) is 15.1 Å². The number of aliphatic imine (C=N–C) groups is 1. The van der Waals surface area contributed by atoms with Gasteiger partial charge in [0.25, 0.3) is 5.91 Å². The monoisotopic (exact) mass is 545 g/mol. The van der Waals surface area contributed by atoms with Crippen molar-refractivity contribution in [2.24, 2.45) is 4.99 Å². The summed E-state index contributed by atoms with van der Waals surface area (Å²) in [5.74, 6) is -0.146. The SMILES string of the molecule is CC(=O)c1ccc(N2CCN(C(=S)NC3N=C(c4ccccc4)c4cc(Cl)ccc4N(C)C3=O)CC2)cc1. The van der Waals surface area contributed by atoms with Crippen molar-refractivity contribution in [1.29, 1.82) is 0 Å². The van der Waals surface area contributed by atoms with E-state index in [9.17, 15) is 9.59 Å². The van der Waals surface area contributed by atoms with Crippen LogP contribution in [0.25, 0.3) is 0 Å². The van der Waals surface area contributed by atoms with Gasteiger partial charge in [0.2, 0.25) is 6.17 Å². The van der Waals surface area contributed by atoms with Crippen LogP contribution in [0.1, 0.15) is 28.4 Å². The Morgan fingerprint density at radius 3 is 2.34 bits per heavy atom. The number of halogens is 1. The average Bonchev–Trinajstić information content (AvgIpc) is 3.04. The topological polar surface area (TPSA) is 68.2 Å². The van der Waals surface area contributed by atoms with Gasteiger partial charge in [0.05, 0.1) is 11.4 Å². The molecule has 194 valence electrons. The van der Waals surface area contributed by atoms with Crippen LogP contribution in [0, 0.1) is 0 Å². The van der Waals surface area contributed by atoms with Crippen molar-refractivity contribution in [2.75, 3.05) is 43.0 Å². The molecule has 0 aromatic heterocycles. The maximum absolute atomic E-state index is 13.5. The Labute approximate surface area is 232 Å². The second-order valence-electron chi connectivity index (χ2n) is 9.33. The Morgan fingerprint density at radius 1 is 1.00 bits per heavy atom. The van der Waals surface area contributed by atoms with Crippen LogP contribution in [-0.2, 0) is 4.79 Å². The van der Waals surface area contributed by atoms with Crippen LogP contribution in [-0.4, -0.2) is 66.8 Å². The van der Waals surface area contributed by atoms with Gasteiger partial charge in [0.15, 0.2) is 10.9 Å². The van der Waals surface area contributed by atoms with E-state index in [-0.39, 0.29) is 11.7 Å². The first-order valence-electron chi connectivity index (χ1n) is 12.4. The van der Waals surface area contributed by atoms with E-state index in [1.807, 2.05) is 66.7 Å². The minimum atomic E-state index is -0.883. The molecule has 1 atom stereocenters. The zero-order chi connectivity index (χ0) is 26.8. The number of amides is 1. The molecule has 1 N–H and O–H groups in total. The highest BCUT2D eigenvalue weighted by Crippen LogP contribution is 2.30. The third-order valence-electron chi connectivity index (χ3n) is 6.91. The zero-order valence-corrected chi connectivity index (χ0v) is 22.8. The van der Waals surface area contributed by atoms with Gasteiger partial charge in [-0.2, -0.15) is 0 Å². The molecule has 1 amide bonds. The third kappa shape index (κ3) is 5.28. The number of benzene rings is 3. The molecular weight excluding hydrogens is 518 g/mol. The van der Waals surface area contributed by atoms with Crippen molar-refractivity contribution in [1.82, 2.24) is 10.2 Å². The number of carbonyl (C=O) groups excluding carboxylic acids is 2. The maximum atomic E-state index is 13.5. The van der Waals surface area contributed by atoms with Crippen LogP contribution in [0.15, 0.2) is 77.8 Å². The van der Waals surface area contributed by atoms with E-state index in [0.717, 1.165) is 35.6 Å². The lowest BCUT2D eigenvalue weighted by molar-refractivity contribution is -0.119. The molecule has 1 fully saturated rings. The third-order valence-corrected chi connectivity index (χ3v) is 7.52. The van der Waals surface area contributed by atoms with E-state index in [4.69, 9.17) is 28.8 Å². The van der Waals surface area contributed by atoms with Gasteiger partial charge in [-0.25, -0.2) is 4.99 Å². The van der Waals surface area contributed by atoms with Gasteiger partial charge in [0, 0.05) is 60.6 Å². The summed E-state index contributed by atoms with van der Waals surface area (Å²) in [7, 11) is 1.74. The normalized spacial score (nSPS) is 17.4. The van der Waals surface area contributed by atoms with Crippen LogP contribution in [0.4, 0.5) is 11.4 Å². The number of nitrogens with zero attached hydrogens (tertiary/aromatic N) is 4. The standard InChI is InChI=1S/C29H28ClN5O2S/c1-19(36)20-8-11-23(12-9-20)34-14-16-35(17-15-34)29(38)32-27-28(37)33(2)25-13-10-22(30)18-24(25)26(31-27)21-6-4-3-5-7-21/h3-13,18,27H,14-17H2,1-2H3,(H,32,38). The highest BCUT2D eigenvalue weighted by molar-refractivity contribution is 7.80. The molecule has 0 aliphatic carbocycles. The first-order chi connectivity index (χ1) is 18.3. The molecule has 2 aliphatic heterocycles. The molecule has 3 aromatic carbocycles. The molecule has 0 radical (unpaired) electrons. The van der Waals surface area contributed by atoms with E-state index in [0.29, 0.717) is 34.5 Å². The Hall–Kier alpha value is -3.75. The Balaban J connectivity index is 1.34. The van der Waals surface area contributed by atoms with Crippen LogP contribution >= 0.6 is 23.8 Å². The van der Waals surface area contributed by atoms with E-state index >= 15 is 0 Å². The molecule has 7 nitrogen and oxygen atoms in total. The molecular formula is C29H28ClN5O2S. The highest BCUT2D eigenvalue weighted by atomic mass is 35.5. The number of carbonyl (C=O) groups is 2. The molecule has 1 unspecified atom stereocenters. The van der Waals surface area contributed by atoms with Gasteiger partial charge in [-0.15, -0.1) is 0 Å². The lowest BCUT2D eigenvalue weighted by atomic mass is 10.0. The number of piperazine rings is 1. The second-order valence-corrected chi connectivity index (χ2v) is 10.2. The van der Waals surface area contributed by atoms with Crippen LogP contribution < -0.4 is 15.1 Å². The number of nitrogens with one attached hydrogen (secondary N) is 1. The number of ketones is 1. The smallest absolute Gasteiger partial charge is 0.272 e. The van der Waals surface area contributed by atoms with Crippen molar-refractivity contribution in [3.63, 3.8) is 0 Å². The van der Waals surface area contributed by atoms with E-state index < -0.39 is 6.17 Å². The minimum Gasteiger partial charge on any atom is -0.368 e. The predicted molar refractivity (Wildman–Crippen MR) is 157 cm³/mol. The van der Waals surface area contributed by atoms with Gasteiger partial charge in [-0.1, -0.05) is 41.9 Å². The lowest BCUT2D eigenvalue weighted by Crippen LogP contribution is -2.55. The highest BCUT2D eigenvalue weighted by Gasteiger charge is 2.32. The summed E-state index contributed by atoms with van der Waals surface area (Å²) in [6, 6.07) is 22.9. The quantitative estimate of drug-likeness (QED) is 0.388. The van der Waals surface area contributed by atoms with Crippen molar-refractivity contribution in [3.8, 4) is 0 Å². The number of hydrogen-bond acceptors (Lipinski definition) is 5. The molecule has 3 aromatic rings. The van der Waals surface area contributed by atoms with Crippen LogP contribution in [0.5, 0.6) is 0 Å². The van der Waals surface area contributed by atoms with Crippen molar-refractivity contribution in [3.05, 3.63) is 94.5 Å². The molecule has 9 heteroatoms. The molecule has 1 saturated heterocycles. The Kier molecular flexibility index (Phi) is 7.44. The molecule has 0 saturated carbocycles. The Morgan fingerprint density at radius 2 is 1.68 bits per heavy atom. The summed E-state index contributed by atoms with van der Waals surface area (Å²) in [5, 5.41) is 4.28. The number of benzodiazepines with no additional fused rings is 1. The number of anilines is 2. The van der Waals surface area contributed by atoms with E-state index in [1.165, 1.54) is 0 Å². The number of fused-ring (bicyclic) bond motifs is 1. The Bertz CT molecular complexity index is 1400. The van der Waals surface area contributed by atoms with Crippen LogP contribution in [0.2, 0.25) is 5.02 Å². The summed E-state index contributed by atoms with van der Waals surface area (Å²) < 4.78 is 0. The van der Waals surface area contributed by atoms with Crippen molar-refractivity contribution in [2.45, 2.75) is 13.1 Å². The van der Waals surface area contributed by atoms with Gasteiger partial charge in [-0.3, -0.25) is 9.59 Å². The van der Waals surface area contributed by atoms with Crippen molar-refractivity contribution >= 4 is 57.7 Å². The molecule has 2 aliphatic rings. The average molecular weight is 546 g/mol. The summed E-state index contributed by atoms with van der Waals surface area (Å²) in [6.45, 7) is 4.49. The van der Waals surface area contributed by atoms with E-state index in [1.54, 1.807) is 24.9 Å². The number of Topliss-reactive ketones (excluding diaryl/α,β-unsaturated/α-hetero) is 1. The number of thiocarbonyl (C=S) groups is 1. The number of hydrogen-bond donors (Lipinski definition) is 1. The lowest BCUT2D eigenvalue weighted by Gasteiger charge is -2.38. The first kappa shape index (κ1) is 25.9. The van der Waals surface area contributed by atoms with Gasteiger partial charge in [-0.05, 0) is 61.6 Å². The molecule has 0 spiro atoms. The summed E-state index contributed by atoms with van der Waals surface area (Å²) in [6.07, 6.45) is -0.883. The summed E-state index contributed by atoms with van der Waals surface area (Å²) in [4.78, 5) is 35.9. The van der Waals surface area contributed by atoms with Gasteiger partial charge in [0.1, 0.15) is 0 Å². The number of rotatable bonds is 4. The number of likely N-dealkylation sites (N-methyl/N-ethyl adjacent to an activating group) is 1. The molecule has 0 bridgehead atoms. The molecule has 38 heavy (non-hydrogen) atoms. The molecule has 5 rings (SSSR count). The van der Waals surface area contributed by atoms with Gasteiger partial charge >= 0.3 is 0 Å². The fourth-order valence-electron chi connectivity index (χ4n) is 4.75. The zero-order valence-electron chi connectivity index (χ0n) is 21.2. The fraction of sp³-hybridized carbons (Fsp3) is 0.241. The summed E-state index contributed by atoms with van der Waals surface area (Å²) >= 11 is 12.1. The first-order valence-corrected chi connectivity index (χ1v) is 13.2. The fourth-order valence-corrected chi connectivity index (χ4v) is 5.22. The van der Waals surface area contributed by atoms with Gasteiger partial charge < -0.3 is 20.0 Å². The largest absolute Gasteiger partial charge is 0.368 e. The molecule has 2 heterocycles. The summed E-state index contributed by atoms with van der Waals surface area (Å²) in [5.41, 5.74) is 4.88.